The number of nitrogens with zero attached hydrogens (tertiary/aromatic N) is 5. The van der Waals surface area contributed by atoms with Crippen molar-refractivity contribution < 1.29 is 9.90 Å². The minimum atomic E-state index is -0.0475. The Balaban J connectivity index is 1.23. The van der Waals surface area contributed by atoms with Crippen molar-refractivity contribution >= 4 is 17.5 Å². The molecule has 0 unspecified atom stereocenters. The average molecular weight is 411 g/mol. The fourth-order valence-electron chi connectivity index (χ4n) is 3.89. The van der Waals surface area contributed by atoms with Crippen LogP contribution >= 0.6 is 0 Å². The molecule has 0 spiro atoms. The molecule has 0 aliphatic carbocycles. The number of aromatic nitrogens is 1. The highest BCUT2D eigenvalue weighted by molar-refractivity contribution is 5.74. The molecule has 0 atom stereocenters. The first kappa shape index (κ1) is 20.3. The zero-order chi connectivity index (χ0) is 20.9. The number of carbonyl (C=O) groups excluding carboxylic acids is 1. The van der Waals surface area contributed by atoms with Crippen LogP contribution in [-0.4, -0.2) is 85.3 Å². The fourth-order valence-corrected chi connectivity index (χ4v) is 3.89. The van der Waals surface area contributed by atoms with E-state index in [0.29, 0.717) is 19.6 Å². The average Bonchev–Trinajstić information content (AvgIpc) is 2.78. The van der Waals surface area contributed by atoms with Crippen LogP contribution in [0.25, 0.3) is 0 Å². The van der Waals surface area contributed by atoms with Gasteiger partial charge in [-0.25, -0.2) is 9.78 Å². The van der Waals surface area contributed by atoms with E-state index < -0.39 is 0 Å². The van der Waals surface area contributed by atoms with E-state index in [2.05, 4.69) is 32.0 Å². The molecule has 30 heavy (non-hydrogen) atoms. The molecular formula is C22H30N6O2. The van der Waals surface area contributed by atoms with Crippen molar-refractivity contribution in [3.05, 3.63) is 48.2 Å². The van der Waals surface area contributed by atoms with Gasteiger partial charge in [0.15, 0.2) is 0 Å². The number of amides is 2. The molecule has 4 rings (SSSR count). The smallest absolute Gasteiger partial charge is 0.317 e. The number of nitrogens with one attached hydrogen (secondary N) is 1. The summed E-state index contributed by atoms with van der Waals surface area (Å²) in [6, 6.07) is 11.3. The van der Waals surface area contributed by atoms with Gasteiger partial charge in [-0.05, 0) is 30.8 Å². The Bertz CT molecular complexity index is 843. The van der Waals surface area contributed by atoms with E-state index in [4.69, 9.17) is 0 Å². The molecule has 0 bridgehead atoms. The van der Waals surface area contributed by atoms with Gasteiger partial charge in [-0.3, -0.25) is 0 Å². The molecular weight excluding hydrogens is 380 g/mol. The Morgan fingerprint density at radius 1 is 1.00 bits per heavy atom. The van der Waals surface area contributed by atoms with Gasteiger partial charge in [-0.2, -0.15) is 0 Å². The first-order valence-corrected chi connectivity index (χ1v) is 10.5. The molecule has 1 aromatic carbocycles. The molecule has 2 fully saturated rings. The van der Waals surface area contributed by atoms with E-state index in [1.807, 2.05) is 35.4 Å². The van der Waals surface area contributed by atoms with Crippen molar-refractivity contribution in [1.82, 2.24) is 20.1 Å². The number of phenolic OH excluding ortho intramolecular Hbond substituents is 1. The summed E-state index contributed by atoms with van der Waals surface area (Å²) in [4.78, 5) is 25.8. The molecule has 2 N–H and O–H groups in total. The second-order valence-corrected chi connectivity index (χ2v) is 7.97. The van der Waals surface area contributed by atoms with E-state index in [-0.39, 0.29) is 11.8 Å². The predicted molar refractivity (Wildman–Crippen MR) is 118 cm³/mol. The lowest BCUT2D eigenvalue weighted by molar-refractivity contribution is 0.194. The molecule has 2 aromatic rings. The summed E-state index contributed by atoms with van der Waals surface area (Å²) in [5.41, 5.74) is 1.99. The van der Waals surface area contributed by atoms with E-state index in [0.717, 1.165) is 56.3 Å². The van der Waals surface area contributed by atoms with E-state index in [1.165, 1.54) is 0 Å². The van der Waals surface area contributed by atoms with Crippen LogP contribution in [-0.2, 0) is 6.54 Å². The monoisotopic (exact) mass is 410 g/mol. The van der Waals surface area contributed by atoms with E-state index in [9.17, 15) is 9.90 Å². The molecule has 8 nitrogen and oxygen atoms in total. The second kappa shape index (κ2) is 9.21. The normalized spacial score (nSPS) is 17.8. The lowest BCUT2D eigenvalue weighted by Gasteiger charge is -2.36. The molecule has 8 heteroatoms. The maximum absolute atomic E-state index is 12.5. The fraction of sp³-hybridized carbons (Fsp3) is 0.455. The highest BCUT2D eigenvalue weighted by atomic mass is 16.3. The first-order chi connectivity index (χ1) is 14.6. The van der Waals surface area contributed by atoms with Crippen molar-refractivity contribution in [2.75, 3.05) is 69.2 Å². The third-order valence-corrected chi connectivity index (χ3v) is 5.84. The summed E-state index contributed by atoms with van der Waals surface area (Å²) < 4.78 is 0. The highest BCUT2D eigenvalue weighted by Gasteiger charge is 2.21. The van der Waals surface area contributed by atoms with Crippen molar-refractivity contribution in [3.8, 4) is 5.75 Å². The van der Waals surface area contributed by atoms with Gasteiger partial charge in [0.1, 0.15) is 11.6 Å². The minimum absolute atomic E-state index is 0.0475. The number of likely N-dealkylation sites (N-methyl/N-ethyl adjacent to an activating group) is 1. The molecule has 0 radical (unpaired) electrons. The van der Waals surface area contributed by atoms with Crippen LogP contribution < -0.4 is 15.1 Å². The Labute approximate surface area is 177 Å². The lowest BCUT2D eigenvalue weighted by Crippen LogP contribution is -2.51. The van der Waals surface area contributed by atoms with Crippen LogP contribution in [0, 0.1) is 0 Å². The van der Waals surface area contributed by atoms with Crippen LogP contribution in [0.15, 0.2) is 42.6 Å². The van der Waals surface area contributed by atoms with Gasteiger partial charge < -0.3 is 30.0 Å². The summed E-state index contributed by atoms with van der Waals surface area (Å²) in [6.45, 7) is 7.38. The standard InChI is InChI=1S/C22H30N6O2/c1-25-7-9-27(10-8-25)21-6-5-18(16-23-21)17-24-22(30)28-13-11-26(12-14-28)19-3-2-4-20(29)15-19/h2-6,15-16,29H,7-14,17H2,1H3,(H,24,30). The van der Waals surface area contributed by atoms with E-state index >= 15 is 0 Å². The van der Waals surface area contributed by atoms with Crippen LogP contribution in [0.4, 0.5) is 16.3 Å². The number of pyridine rings is 1. The van der Waals surface area contributed by atoms with Crippen LogP contribution in [0.3, 0.4) is 0 Å². The molecule has 160 valence electrons. The van der Waals surface area contributed by atoms with Gasteiger partial charge in [-0.15, -0.1) is 0 Å². The minimum Gasteiger partial charge on any atom is -0.508 e. The molecule has 2 saturated heterocycles. The number of carbonyl (C=O) groups is 1. The zero-order valence-electron chi connectivity index (χ0n) is 17.5. The first-order valence-electron chi connectivity index (χ1n) is 10.5. The van der Waals surface area contributed by atoms with Crippen LogP contribution in [0.2, 0.25) is 0 Å². The predicted octanol–water partition coefficient (Wildman–Crippen LogP) is 1.57. The van der Waals surface area contributed by atoms with Gasteiger partial charge in [0, 0.05) is 76.9 Å². The summed E-state index contributed by atoms with van der Waals surface area (Å²) in [5, 5.41) is 12.7. The number of phenols is 1. The third-order valence-electron chi connectivity index (χ3n) is 5.84. The van der Waals surface area contributed by atoms with Gasteiger partial charge in [-0.1, -0.05) is 12.1 Å². The summed E-state index contributed by atoms with van der Waals surface area (Å²) in [7, 11) is 2.14. The summed E-state index contributed by atoms with van der Waals surface area (Å²) >= 11 is 0. The number of hydrogen-bond donors (Lipinski definition) is 2. The second-order valence-electron chi connectivity index (χ2n) is 7.97. The van der Waals surface area contributed by atoms with E-state index in [1.54, 1.807) is 12.1 Å². The number of anilines is 2. The van der Waals surface area contributed by atoms with Gasteiger partial charge >= 0.3 is 6.03 Å². The SMILES string of the molecule is CN1CCN(c2ccc(CNC(=O)N3CCN(c4cccc(O)c4)CC3)cn2)CC1. The quantitative estimate of drug-likeness (QED) is 0.797. The number of hydrogen-bond acceptors (Lipinski definition) is 6. The van der Waals surface area contributed by atoms with Gasteiger partial charge in [0.25, 0.3) is 0 Å². The van der Waals surface area contributed by atoms with Crippen molar-refractivity contribution in [1.29, 1.82) is 0 Å². The molecule has 2 aliphatic rings. The maximum atomic E-state index is 12.5. The number of piperazine rings is 2. The van der Waals surface area contributed by atoms with Crippen molar-refractivity contribution in [2.24, 2.45) is 0 Å². The van der Waals surface area contributed by atoms with Gasteiger partial charge in [0.2, 0.25) is 0 Å². The molecule has 3 heterocycles. The largest absolute Gasteiger partial charge is 0.508 e. The van der Waals surface area contributed by atoms with Crippen LogP contribution in [0.1, 0.15) is 5.56 Å². The third kappa shape index (κ3) is 4.94. The topological polar surface area (TPSA) is 75.2 Å². The summed E-state index contributed by atoms with van der Waals surface area (Å²) in [6.07, 6.45) is 1.85. The molecule has 0 saturated carbocycles. The Hall–Kier alpha value is -3.00. The molecule has 1 aromatic heterocycles. The highest BCUT2D eigenvalue weighted by Crippen LogP contribution is 2.21. The summed E-state index contributed by atoms with van der Waals surface area (Å²) in [5.74, 6) is 1.26. The van der Waals surface area contributed by atoms with Crippen molar-refractivity contribution in [3.63, 3.8) is 0 Å². The Morgan fingerprint density at radius 3 is 2.40 bits per heavy atom. The lowest BCUT2D eigenvalue weighted by atomic mass is 10.2. The number of aromatic hydroxyl groups is 1. The Morgan fingerprint density at radius 2 is 1.73 bits per heavy atom. The van der Waals surface area contributed by atoms with Crippen LogP contribution in [0.5, 0.6) is 5.75 Å². The number of urea groups is 1. The number of rotatable bonds is 4. The maximum Gasteiger partial charge on any atom is 0.317 e. The Kier molecular flexibility index (Phi) is 6.23. The van der Waals surface area contributed by atoms with Gasteiger partial charge in [0.05, 0.1) is 0 Å². The number of benzene rings is 1. The molecule has 2 amide bonds. The van der Waals surface area contributed by atoms with Crippen molar-refractivity contribution in [2.45, 2.75) is 6.54 Å². The molecule has 2 aliphatic heterocycles. The zero-order valence-corrected chi connectivity index (χ0v) is 17.5.